The second-order valence-corrected chi connectivity index (χ2v) is 3.75. The molecule has 0 bridgehead atoms. The molecule has 1 nitrogen and oxygen atoms in total. The number of carbonyl (C=O) groups is 1. The van der Waals surface area contributed by atoms with Crippen LogP contribution in [0.5, 0.6) is 0 Å². The van der Waals surface area contributed by atoms with Crippen molar-refractivity contribution in [1.29, 1.82) is 0 Å². The van der Waals surface area contributed by atoms with Gasteiger partial charge in [-0.05, 0) is 13.8 Å². The molecular formula is C13H16OY-2. The zero-order valence-corrected chi connectivity index (χ0v) is 12.3. The average molecular weight is 277 g/mol. The van der Waals surface area contributed by atoms with Gasteiger partial charge in [-0.1, -0.05) is 40.8 Å². The van der Waals surface area contributed by atoms with E-state index in [1.165, 1.54) is 5.56 Å². The SMILES string of the molecule is [CH2-]CC([CH2-])(C(C)=O)c1ccc(C)cc1.[Y]. The van der Waals surface area contributed by atoms with Gasteiger partial charge >= 0.3 is 0 Å². The van der Waals surface area contributed by atoms with Crippen LogP contribution >= 0.6 is 0 Å². The topological polar surface area (TPSA) is 17.1 Å². The fourth-order valence-electron chi connectivity index (χ4n) is 1.40. The third kappa shape index (κ3) is 3.22. The molecule has 0 aliphatic heterocycles. The number of hydrogen-bond donors (Lipinski definition) is 0. The number of rotatable bonds is 3. The van der Waals surface area contributed by atoms with E-state index in [1.807, 2.05) is 31.2 Å². The van der Waals surface area contributed by atoms with Gasteiger partial charge in [0.2, 0.25) is 0 Å². The maximum Gasteiger partial charge on any atom is 0.107 e. The largest absolute Gasteiger partial charge is 0.345 e. The van der Waals surface area contributed by atoms with Crippen molar-refractivity contribution >= 4 is 5.78 Å². The molecule has 1 unspecified atom stereocenters. The number of ketones is 1. The second-order valence-electron chi connectivity index (χ2n) is 3.75. The molecule has 2 heteroatoms. The Hall–Kier alpha value is -0.00610. The summed E-state index contributed by atoms with van der Waals surface area (Å²) in [5.74, 6) is 0.0661. The van der Waals surface area contributed by atoms with Gasteiger partial charge in [0.25, 0.3) is 0 Å². The van der Waals surface area contributed by atoms with Gasteiger partial charge in [-0.3, -0.25) is 0 Å². The van der Waals surface area contributed by atoms with Crippen LogP contribution in [-0.2, 0) is 42.9 Å². The van der Waals surface area contributed by atoms with Crippen LogP contribution in [0, 0.1) is 20.8 Å². The van der Waals surface area contributed by atoms with E-state index in [1.54, 1.807) is 6.92 Å². The first kappa shape index (κ1) is 15.0. The molecular weight excluding hydrogens is 261 g/mol. The van der Waals surface area contributed by atoms with Crippen molar-refractivity contribution in [1.82, 2.24) is 0 Å². The van der Waals surface area contributed by atoms with Crippen LogP contribution < -0.4 is 0 Å². The summed E-state index contributed by atoms with van der Waals surface area (Å²) < 4.78 is 0. The van der Waals surface area contributed by atoms with Gasteiger partial charge in [0.1, 0.15) is 5.78 Å². The molecule has 0 aliphatic rings. The minimum atomic E-state index is -0.673. The quantitative estimate of drug-likeness (QED) is 0.776. The number of aryl methyl sites for hydroxylation is 1. The standard InChI is InChI=1S/C13H16O.Y/c1-5-13(4,11(3)14)12-8-6-10(2)7-9-12;/h6-9H,1,4-5H2,2-3H3;/q-2;. The predicted molar refractivity (Wildman–Crippen MR) is 58.9 cm³/mol. The first-order valence-electron chi connectivity index (χ1n) is 4.73. The minimum Gasteiger partial charge on any atom is -0.345 e. The maximum absolute atomic E-state index is 11.5. The van der Waals surface area contributed by atoms with E-state index in [9.17, 15) is 4.79 Å². The maximum atomic E-state index is 11.5. The zero-order chi connectivity index (χ0) is 10.8. The van der Waals surface area contributed by atoms with E-state index in [-0.39, 0.29) is 38.5 Å². The first-order chi connectivity index (χ1) is 6.50. The van der Waals surface area contributed by atoms with Crippen molar-refractivity contribution in [2.75, 3.05) is 0 Å². The molecule has 1 aromatic carbocycles. The van der Waals surface area contributed by atoms with Gasteiger partial charge in [-0.15, -0.1) is 0 Å². The van der Waals surface area contributed by atoms with Crippen molar-refractivity contribution in [3.63, 3.8) is 0 Å². The molecule has 0 amide bonds. The molecule has 1 aromatic rings. The first-order valence-corrected chi connectivity index (χ1v) is 4.73. The van der Waals surface area contributed by atoms with E-state index >= 15 is 0 Å². The van der Waals surface area contributed by atoms with Crippen molar-refractivity contribution in [2.24, 2.45) is 0 Å². The van der Waals surface area contributed by atoms with Crippen molar-refractivity contribution in [2.45, 2.75) is 25.7 Å². The van der Waals surface area contributed by atoms with E-state index < -0.39 is 5.41 Å². The summed E-state index contributed by atoms with van der Waals surface area (Å²) in [7, 11) is 0. The molecule has 0 aromatic heterocycles. The third-order valence-corrected chi connectivity index (χ3v) is 2.70. The Bertz CT molecular complexity index is 329. The summed E-state index contributed by atoms with van der Waals surface area (Å²) in [4.78, 5) is 11.5. The Labute approximate surface area is 118 Å². The smallest absolute Gasteiger partial charge is 0.107 e. The van der Waals surface area contributed by atoms with E-state index in [4.69, 9.17) is 0 Å². The summed E-state index contributed by atoms with van der Waals surface area (Å²) >= 11 is 0. The fraction of sp³-hybridized carbons (Fsp3) is 0.308. The van der Waals surface area contributed by atoms with Crippen LogP contribution in [0.15, 0.2) is 24.3 Å². The predicted octanol–water partition coefficient (Wildman–Crippen LogP) is 2.88. The fourth-order valence-corrected chi connectivity index (χ4v) is 1.40. The Morgan fingerprint density at radius 1 is 1.33 bits per heavy atom. The molecule has 0 saturated heterocycles. The van der Waals surface area contributed by atoms with Gasteiger partial charge in [0, 0.05) is 32.7 Å². The van der Waals surface area contributed by atoms with Gasteiger partial charge in [-0.2, -0.15) is 6.42 Å². The monoisotopic (exact) mass is 277 g/mol. The van der Waals surface area contributed by atoms with E-state index in [0.29, 0.717) is 6.42 Å². The molecule has 1 radical (unpaired) electrons. The number of benzene rings is 1. The molecule has 0 spiro atoms. The van der Waals surface area contributed by atoms with Crippen molar-refractivity contribution in [3.8, 4) is 0 Å². The van der Waals surface area contributed by atoms with Gasteiger partial charge < -0.3 is 18.6 Å². The van der Waals surface area contributed by atoms with Gasteiger partial charge in [0.15, 0.2) is 0 Å². The molecule has 79 valence electrons. The molecule has 0 aliphatic carbocycles. The summed E-state index contributed by atoms with van der Waals surface area (Å²) in [5, 5.41) is 0. The van der Waals surface area contributed by atoms with Gasteiger partial charge in [0.05, 0.1) is 0 Å². The summed E-state index contributed by atoms with van der Waals surface area (Å²) in [6, 6.07) is 7.89. The molecule has 0 fully saturated rings. The molecule has 0 saturated carbocycles. The van der Waals surface area contributed by atoms with Crippen molar-refractivity contribution in [3.05, 3.63) is 49.2 Å². The van der Waals surface area contributed by atoms with E-state index in [2.05, 4.69) is 13.8 Å². The number of hydrogen-bond acceptors (Lipinski definition) is 1. The normalized spacial score (nSPS) is 13.9. The minimum absolute atomic E-state index is 0. The Morgan fingerprint density at radius 2 is 1.80 bits per heavy atom. The van der Waals surface area contributed by atoms with Crippen LogP contribution in [0.25, 0.3) is 0 Å². The third-order valence-electron chi connectivity index (χ3n) is 2.70. The van der Waals surface area contributed by atoms with Crippen LogP contribution in [0.2, 0.25) is 0 Å². The molecule has 1 atom stereocenters. The zero-order valence-electron chi connectivity index (χ0n) is 9.42. The Balaban J connectivity index is 0.00000196. The summed E-state index contributed by atoms with van der Waals surface area (Å²) in [5.41, 5.74) is 1.46. The Morgan fingerprint density at radius 3 is 2.13 bits per heavy atom. The molecule has 0 N–H and O–H groups in total. The summed E-state index contributed by atoms with van der Waals surface area (Å²) in [6.45, 7) is 11.4. The molecule has 0 heterocycles. The van der Waals surface area contributed by atoms with Crippen LogP contribution in [0.3, 0.4) is 0 Å². The number of carbonyl (C=O) groups excluding carboxylic acids is 1. The average Bonchev–Trinajstić information content (AvgIpc) is 2.17. The van der Waals surface area contributed by atoms with Crippen LogP contribution in [0.1, 0.15) is 24.5 Å². The summed E-state index contributed by atoms with van der Waals surface area (Å²) in [6.07, 6.45) is 0.491. The molecule has 1 rings (SSSR count). The number of Topliss-reactive ketones (excluding diaryl/α,β-unsaturated/α-hetero) is 1. The van der Waals surface area contributed by atoms with Crippen LogP contribution in [-0.4, -0.2) is 5.78 Å². The van der Waals surface area contributed by atoms with E-state index in [0.717, 1.165) is 5.56 Å². The second kappa shape index (κ2) is 5.91. The van der Waals surface area contributed by atoms with Crippen molar-refractivity contribution < 1.29 is 37.5 Å². The Kier molecular flexibility index (Phi) is 5.91. The van der Waals surface area contributed by atoms with Gasteiger partial charge in [-0.25, -0.2) is 0 Å². The molecule has 15 heavy (non-hydrogen) atoms. The van der Waals surface area contributed by atoms with Crippen LogP contribution in [0.4, 0.5) is 0 Å².